The maximum Gasteiger partial charge on any atom is 0.0962 e. The normalized spacial score (nSPS) is 11.1. The molecule has 3 nitrogen and oxygen atoms in total. The third-order valence-corrected chi connectivity index (χ3v) is 3.69. The fourth-order valence-electron chi connectivity index (χ4n) is 2.43. The van der Waals surface area contributed by atoms with E-state index >= 15 is 0 Å². The second kappa shape index (κ2) is 5.50. The molecule has 0 aliphatic carbocycles. The second-order valence-electron chi connectivity index (χ2n) is 5.77. The Morgan fingerprint density at radius 1 is 0.955 bits per heavy atom. The van der Waals surface area contributed by atoms with Gasteiger partial charge in [-0.05, 0) is 31.5 Å². The van der Waals surface area contributed by atoms with Gasteiger partial charge in [0.15, 0.2) is 0 Å². The Morgan fingerprint density at radius 2 is 1.55 bits per heavy atom. The molecule has 3 rings (SSSR count). The molecule has 2 aromatic carbocycles. The minimum absolute atomic E-state index is 0.648. The molecule has 0 radical (unpaired) electrons. The van der Waals surface area contributed by atoms with Crippen LogP contribution in [-0.2, 0) is 5.41 Å². The molecule has 0 bridgehead atoms. The average molecular weight is 287 g/mol. The highest BCUT2D eigenvalue weighted by Crippen LogP contribution is 2.32. The fourth-order valence-corrected chi connectivity index (χ4v) is 2.43. The van der Waals surface area contributed by atoms with E-state index < -0.39 is 5.41 Å². The molecular weight excluding hydrogens is 270 g/mol. The standard InChI is InChI=1S/C19H17N3/c1-19(2,14-20)18-17(15-9-5-3-6-10-15)13-22(21-18)16-11-7-4-8-12-16/h3-13H,1-2H3. The van der Waals surface area contributed by atoms with Crippen LogP contribution in [0.1, 0.15) is 19.5 Å². The molecule has 3 aromatic rings. The first-order valence-electron chi connectivity index (χ1n) is 7.24. The van der Waals surface area contributed by atoms with Gasteiger partial charge in [-0.3, -0.25) is 0 Å². The van der Waals surface area contributed by atoms with Crippen molar-refractivity contribution in [3.05, 3.63) is 72.6 Å². The van der Waals surface area contributed by atoms with Crippen molar-refractivity contribution in [1.29, 1.82) is 5.26 Å². The van der Waals surface area contributed by atoms with Crippen molar-refractivity contribution in [2.24, 2.45) is 0 Å². The molecular formula is C19H17N3. The lowest BCUT2D eigenvalue weighted by atomic mass is 9.87. The van der Waals surface area contributed by atoms with Crippen LogP contribution in [0.5, 0.6) is 0 Å². The Balaban J connectivity index is 2.20. The van der Waals surface area contributed by atoms with E-state index in [2.05, 4.69) is 6.07 Å². The van der Waals surface area contributed by atoms with Gasteiger partial charge in [0.2, 0.25) is 0 Å². The van der Waals surface area contributed by atoms with Gasteiger partial charge in [-0.15, -0.1) is 0 Å². The summed E-state index contributed by atoms with van der Waals surface area (Å²) in [7, 11) is 0. The number of aromatic nitrogens is 2. The summed E-state index contributed by atoms with van der Waals surface area (Å²) in [5.74, 6) is 0. The molecule has 0 spiro atoms. The molecule has 0 saturated heterocycles. The maximum atomic E-state index is 9.50. The molecule has 0 aliphatic rings. The number of rotatable bonds is 3. The van der Waals surface area contributed by atoms with Crippen LogP contribution < -0.4 is 0 Å². The predicted octanol–water partition coefficient (Wildman–Crippen LogP) is 4.34. The molecule has 3 heteroatoms. The summed E-state index contributed by atoms with van der Waals surface area (Å²) in [5, 5.41) is 14.2. The summed E-state index contributed by atoms with van der Waals surface area (Å²) in [4.78, 5) is 0. The molecule has 0 saturated carbocycles. The van der Waals surface area contributed by atoms with Crippen LogP contribution in [-0.4, -0.2) is 9.78 Å². The van der Waals surface area contributed by atoms with Crippen molar-refractivity contribution in [3.63, 3.8) is 0 Å². The molecule has 1 aromatic heterocycles. The van der Waals surface area contributed by atoms with Crippen LogP contribution in [0.2, 0.25) is 0 Å². The van der Waals surface area contributed by atoms with Gasteiger partial charge in [0.05, 0.1) is 22.9 Å². The van der Waals surface area contributed by atoms with Crippen LogP contribution in [0.15, 0.2) is 66.9 Å². The summed E-state index contributed by atoms with van der Waals surface area (Å²) in [5.41, 5.74) is 3.20. The van der Waals surface area contributed by atoms with Crippen molar-refractivity contribution >= 4 is 0 Å². The van der Waals surface area contributed by atoms with Crippen molar-refractivity contribution < 1.29 is 0 Å². The third-order valence-electron chi connectivity index (χ3n) is 3.69. The monoisotopic (exact) mass is 287 g/mol. The summed E-state index contributed by atoms with van der Waals surface area (Å²) in [6.07, 6.45) is 2.00. The fraction of sp³-hybridized carbons (Fsp3) is 0.158. The third kappa shape index (κ3) is 2.51. The van der Waals surface area contributed by atoms with E-state index in [1.165, 1.54) is 0 Å². The van der Waals surface area contributed by atoms with Crippen molar-refractivity contribution in [1.82, 2.24) is 9.78 Å². The van der Waals surface area contributed by atoms with E-state index in [9.17, 15) is 5.26 Å². The SMILES string of the molecule is CC(C)(C#N)c1nn(-c2ccccc2)cc1-c1ccccc1. The zero-order valence-electron chi connectivity index (χ0n) is 12.7. The Morgan fingerprint density at radius 3 is 2.14 bits per heavy atom. The zero-order chi connectivity index (χ0) is 15.6. The van der Waals surface area contributed by atoms with Crippen LogP contribution >= 0.6 is 0 Å². The average Bonchev–Trinajstić information content (AvgIpc) is 3.03. The van der Waals surface area contributed by atoms with Crippen LogP contribution in [0.4, 0.5) is 0 Å². The molecule has 0 amide bonds. The van der Waals surface area contributed by atoms with Gasteiger partial charge >= 0.3 is 0 Å². The van der Waals surface area contributed by atoms with Gasteiger partial charge in [-0.1, -0.05) is 48.5 Å². The van der Waals surface area contributed by atoms with Gasteiger partial charge in [0, 0.05) is 11.8 Å². The Kier molecular flexibility index (Phi) is 3.52. The van der Waals surface area contributed by atoms with Crippen molar-refractivity contribution in [2.45, 2.75) is 19.3 Å². The minimum atomic E-state index is -0.648. The first-order valence-corrected chi connectivity index (χ1v) is 7.24. The molecule has 0 atom stereocenters. The lowest BCUT2D eigenvalue weighted by Crippen LogP contribution is -2.16. The molecule has 0 aliphatic heterocycles. The highest BCUT2D eigenvalue weighted by Gasteiger charge is 2.28. The predicted molar refractivity (Wildman–Crippen MR) is 87.6 cm³/mol. The zero-order valence-corrected chi connectivity index (χ0v) is 12.7. The maximum absolute atomic E-state index is 9.50. The van der Waals surface area contributed by atoms with Gasteiger partial charge in [-0.2, -0.15) is 10.4 Å². The number of hydrogen-bond acceptors (Lipinski definition) is 2. The second-order valence-corrected chi connectivity index (χ2v) is 5.77. The van der Waals surface area contributed by atoms with E-state index in [-0.39, 0.29) is 0 Å². The number of nitriles is 1. The number of nitrogens with zero attached hydrogens (tertiary/aromatic N) is 3. The molecule has 0 N–H and O–H groups in total. The molecule has 22 heavy (non-hydrogen) atoms. The molecule has 0 unspecified atom stereocenters. The smallest absolute Gasteiger partial charge is 0.0962 e. The molecule has 1 heterocycles. The summed E-state index contributed by atoms with van der Waals surface area (Å²) in [6.45, 7) is 3.80. The molecule has 108 valence electrons. The largest absolute Gasteiger partial charge is 0.240 e. The van der Waals surface area contributed by atoms with E-state index in [4.69, 9.17) is 5.10 Å². The Labute approximate surface area is 130 Å². The first-order chi connectivity index (χ1) is 10.6. The highest BCUT2D eigenvalue weighted by atomic mass is 15.3. The van der Waals surface area contributed by atoms with Crippen molar-refractivity contribution in [3.8, 4) is 22.9 Å². The number of hydrogen-bond donors (Lipinski definition) is 0. The summed E-state index contributed by atoms with van der Waals surface area (Å²) >= 11 is 0. The van der Waals surface area contributed by atoms with Gasteiger partial charge in [0.25, 0.3) is 0 Å². The van der Waals surface area contributed by atoms with E-state index in [1.54, 1.807) is 0 Å². The topological polar surface area (TPSA) is 41.6 Å². The van der Waals surface area contributed by atoms with Crippen LogP contribution in [0.3, 0.4) is 0 Å². The number of para-hydroxylation sites is 1. The van der Waals surface area contributed by atoms with Gasteiger partial charge in [-0.25, -0.2) is 4.68 Å². The summed E-state index contributed by atoms with van der Waals surface area (Å²) in [6, 6.07) is 22.4. The number of benzene rings is 2. The van der Waals surface area contributed by atoms with E-state index in [0.717, 1.165) is 22.5 Å². The van der Waals surface area contributed by atoms with Crippen LogP contribution in [0, 0.1) is 11.3 Å². The Bertz CT molecular complexity index is 809. The lowest BCUT2D eigenvalue weighted by Gasteiger charge is -2.14. The molecule has 0 fully saturated rings. The first kappa shape index (κ1) is 14.1. The summed E-state index contributed by atoms with van der Waals surface area (Å²) < 4.78 is 1.84. The van der Waals surface area contributed by atoms with E-state index in [0.29, 0.717) is 0 Å². The Hall–Kier alpha value is -2.86. The van der Waals surface area contributed by atoms with Crippen LogP contribution in [0.25, 0.3) is 16.8 Å². The highest BCUT2D eigenvalue weighted by molar-refractivity contribution is 5.67. The van der Waals surface area contributed by atoms with Gasteiger partial charge < -0.3 is 0 Å². The quantitative estimate of drug-likeness (QED) is 0.719. The lowest BCUT2D eigenvalue weighted by molar-refractivity contribution is 0.644. The minimum Gasteiger partial charge on any atom is -0.240 e. The van der Waals surface area contributed by atoms with Gasteiger partial charge in [0.1, 0.15) is 0 Å². The van der Waals surface area contributed by atoms with Crippen molar-refractivity contribution in [2.75, 3.05) is 0 Å². The van der Waals surface area contributed by atoms with E-state index in [1.807, 2.05) is 85.4 Å².